The van der Waals surface area contributed by atoms with Crippen LogP contribution in [0.5, 0.6) is 0 Å². The van der Waals surface area contributed by atoms with Crippen molar-refractivity contribution in [1.29, 1.82) is 0 Å². The van der Waals surface area contributed by atoms with E-state index in [0.717, 1.165) is 0 Å². The second-order valence-corrected chi connectivity index (χ2v) is 3.78. The van der Waals surface area contributed by atoms with E-state index in [-0.39, 0.29) is 29.9 Å². The molecule has 0 saturated carbocycles. The fourth-order valence-electron chi connectivity index (χ4n) is 1.94. The molecular formula is C9H11N3O3. The van der Waals surface area contributed by atoms with E-state index in [0.29, 0.717) is 13.0 Å². The van der Waals surface area contributed by atoms with Gasteiger partial charge in [-0.05, 0) is 6.07 Å². The lowest BCUT2D eigenvalue weighted by atomic mass is 10.1. The summed E-state index contributed by atoms with van der Waals surface area (Å²) in [6.45, 7) is 0.623. The monoisotopic (exact) mass is 209 g/mol. The highest BCUT2D eigenvalue weighted by atomic mass is 16.6. The Morgan fingerprint density at radius 1 is 1.53 bits per heavy atom. The van der Waals surface area contributed by atoms with Gasteiger partial charge in [0.05, 0.1) is 12.7 Å². The van der Waals surface area contributed by atoms with E-state index in [1.54, 1.807) is 12.3 Å². The summed E-state index contributed by atoms with van der Waals surface area (Å²) in [4.78, 5) is 15.2. The quantitative estimate of drug-likeness (QED) is 0.675. The Kier molecular flexibility index (Phi) is 1.80. The number of aromatic nitrogens is 2. The number of hydrogen-bond donors (Lipinski definition) is 1. The summed E-state index contributed by atoms with van der Waals surface area (Å²) in [7, 11) is 0. The van der Waals surface area contributed by atoms with Crippen LogP contribution in [-0.4, -0.2) is 28.4 Å². The highest BCUT2D eigenvalue weighted by molar-refractivity contribution is 5.23. The number of nitrogens with two attached hydrogens (primary N) is 1. The molecule has 0 aliphatic carbocycles. The van der Waals surface area contributed by atoms with E-state index in [2.05, 4.69) is 4.98 Å². The van der Waals surface area contributed by atoms with Crippen molar-refractivity contribution in [2.24, 2.45) is 0 Å². The van der Waals surface area contributed by atoms with Crippen LogP contribution in [0.25, 0.3) is 0 Å². The number of fused-ring (bicyclic) bond motifs is 1. The number of hydrogen-bond acceptors (Lipinski definition) is 5. The van der Waals surface area contributed by atoms with Crippen LogP contribution in [0, 0.1) is 0 Å². The summed E-state index contributed by atoms with van der Waals surface area (Å²) in [6.07, 6.45) is 2.33. The molecule has 1 aromatic heterocycles. The SMILES string of the molecule is Nc1ccn([C@H]2C[C@H]3OC[C@H]3O2)c(=O)n1. The normalized spacial score (nSPS) is 33.5. The van der Waals surface area contributed by atoms with Crippen LogP contribution in [-0.2, 0) is 9.47 Å². The second-order valence-electron chi connectivity index (χ2n) is 3.78. The Morgan fingerprint density at radius 2 is 2.40 bits per heavy atom. The molecule has 2 aliphatic heterocycles. The minimum atomic E-state index is -0.374. The van der Waals surface area contributed by atoms with Gasteiger partial charge in [0.1, 0.15) is 18.1 Å². The molecule has 0 aromatic carbocycles. The van der Waals surface area contributed by atoms with Crippen molar-refractivity contribution in [2.45, 2.75) is 24.9 Å². The van der Waals surface area contributed by atoms with E-state index in [9.17, 15) is 4.79 Å². The molecule has 2 N–H and O–H groups in total. The Bertz CT molecular complexity index is 432. The lowest BCUT2D eigenvalue weighted by molar-refractivity contribution is -0.149. The molecule has 2 fully saturated rings. The molecule has 2 saturated heterocycles. The number of nitrogens with zero attached hydrogens (tertiary/aromatic N) is 2. The standard InChI is InChI=1S/C9H11N3O3/c10-7-1-2-12(9(13)11-7)8-3-5-6(15-8)4-14-5/h1-2,5-6,8H,3-4H2,(H2,10,11,13)/t5-,6-,8-/m1/s1. The van der Waals surface area contributed by atoms with Gasteiger partial charge in [0, 0.05) is 12.6 Å². The summed E-state index contributed by atoms with van der Waals surface area (Å²) in [6, 6.07) is 1.59. The minimum Gasteiger partial charge on any atom is -0.383 e. The van der Waals surface area contributed by atoms with Gasteiger partial charge in [-0.25, -0.2) is 4.79 Å². The molecule has 0 spiro atoms. The van der Waals surface area contributed by atoms with Crippen molar-refractivity contribution in [1.82, 2.24) is 9.55 Å². The Hall–Kier alpha value is -1.40. The fourth-order valence-corrected chi connectivity index (χ4v) is 1.94. The second kappa shape index (κ2) is 3.04. The van der Waals surface area contributed by atoms with Gasteiger partial charge in [-0.2, -0.15) is 4.98 Å². The van der Waals surface area contributed by atoms with Crippen LogP contribution < -0.4 is 11.4 Å². The molecule has 80 valence electrons. The number of nitrogen functional groups attached to an aromatic ring is 1. The third-order valence-corrected chi connectivity index (χ3v) is 2.82. The third-order valence-electron chi connectivity index (χ3n) is 2.82. The minimum absolute atomic E-state index is 0.138. The summed E-state index contributed by atoms with van der Waals surface area (Å²) in [5.74, 6) is 0.230. The van der Waals surface area contributed by atoms with Gasteiger partial charge in [0.25, 0.3) is 0 Å². The van der Waals surface area contributed by atoms with Gasteiger partial charge >= 0.3 is 5.69 Å². The molecule has 6 nitrogen and oxygen atoms in total. The number of ether oxygens (including phenoxy) is 2. The molecule has 0 bridgehead atoms. The molecule has 1 aromatic rings. The maximum absolute atomic E-state index is 11.5. The first kappa shape index (κ1) is 8.87. The Labute approximate surface area is 85.6 Å². The number of anilines is 1. The van der Waals surface area contributed by atoms with Gasteiger partial charge in [0.15, 0.2) is 0 Å². The highest BCUT2D eigenvalue weighted by Gasteiger charge is 2.43. The molecular weight excluding hydrogens is 198 g/mol. The van der Waals surface area contributed by atoms with Gasteiger partial charge in [-0.15, -0.1) is 0 Å². The molecule has 0 radical (unpaired) electrons. The van der Waals surface area contributed by atoms with Crippen molar-refractivity contribution in [3.05, 3.63) is 22.7 Å². The molecule has 3 heterocycles. The average molecular weight is 209 g/mol. The maximum Gasteiger partial charge on any atom is 0.351 e. The topological polar surface area (TPSA) is 79.4 Å². The summed E-state index contributed by atoms with van der Waals surface area (Å²) < 4.78 is 12.4. The van der Waals surface area contributed by atoms with Crippen molar-refractivity contribution in [2.75, 3.05) is 12.3 Å². The van der Waals surface area contributed by atoms with Crippen molar-refractivity contribution < 1.29 is 9.47 Å². The van der Waals surface area contributed by atoms with Crippen LogP contribution in [0.4, 0.5) is 5.82 Å². The van der Waals surface area contributed by atoms with Crippen molar-refractivity contribution in [3.8, 4) is 0 Å². The lowest BCUT2D eigenvalue weighted by Gasteiger charge is -2.28. The van der Waals surface area contributed by atoms with Crippen LogP contribution >= 0.6 is 0 Å². The maximum atomic E-state index is 11.5. The van der Waals surface area contributed by atoms with E-state index in [1.807, 2.05) is 0 Å². The molecule has 15 heavy (non-hydrogen) atoms. The zero-order chi connectivity index (χ0) is 10.4. The lowest BCUT2D eigenvalue weighted by Crippen LogP contribution is -2.40. The van der Waals surface area contributed by atoms with E-state index in [4.69, 9.17) is 15.2 Å². The molecule has 6 heteroatoms. The first-order valence-corrected chi connectivity index (χ1v) is 4.86. The first-order chi connectivity index (χ1) is 7.24. The zero-order valence-corrected chi connectivity index (χ0v) is 8.00. The zero-order valence-electron chi connectivity index (χ0n) is 8.00. The van der Waals surface area contributed by atoms with Crippen LogP contribution in [0.1, 0.15) is 12.6 Å². The Morgan fingerprint density at radius 3 is 2.93 bits per heavy atom. The van der Waals surface area contributed by atoms with Gasteiger partial charge < -0.3 is 15.2 Å². The first-order valence-electron chi connectivity index (χ1n) is 4.86. The highest BCUT2D eigenvalue weighted by Crippen LogP contribution is 2.35. The van der Waals surface area contributed by atoms with E-state index >= 15 is 0 Å². The predicted octanol–water partition coefficient (Wildman–Crippen LogP) is -0.488. The van der Waals surface area contributed by atoms with Gasteiger partial charge in [0.2, 0.25) is 0 Å². The molecule has 0 unspecified atom stereocenters. The Balaban J connectivity index is 1.90. The largest absolute Gasteiger partial charge is 0.383 e. The third kappa shape index (κ3) is 1.33. The summed E-state index contributed by atoms with van der Waals surface area (Å²) >= 11 is 0. The van der Waals surface area contributed by atoms with Crippen LogP contribution in [0.2, 0.25) is 0 Å². The molecule has 3 rings (SSSR count). The molecule has 0 amide bonds. The molecule has 2 aliphatic rings. The number of rotatable bonds is 1. The van der Waals surface area contributed by atoms with Gasteiger partial charge in [-0.3, -0.25) is 4.57 Å². The van der Waals surface area contributed by atoms with Crippen LogP contribution in [0.3, 0.4) is 0 Å². The predicted molar refractivity (Wildman–Crippen MR) is 51.2 cm³/mol. The summed E-state index contributed by atoms with van der Waals surface area (Å²) in [5, 5.41) is 0. The van der Waals surface area contributed by atoms with E-state index in [1.165, 1.54) is 4.57 Å². The summed E-state index contributed by atoms with van der Waals surface area (Å²) in [5.41, 5.74) is 5.03. The average Bonchev–Trinajstić information content (AvgIpc) is 2.44. The smallest absolute Gasteiger partial charge is 0.351 e. The van der Waals surface area contributed by atoms with Gasteiger partial charge in [-0.1, -0.05) is 0 Å². The van der Waals surface area contributed by atoms with E-state index < -0.39 is 0 Å². The van der Waals surface area contributed by atoms with Crippen molar-refractivity contribution >= 4 is 5.82 Å². The fraction of sp³-hybridized carbons (Fsp3) is 0.556. The molecule has 3 atom stereocenters. The van der Waals surface area contributed by atoms with Crippen LogP contribution in [0.15, 0.2) is 17.1 Å². The van der Waals surface area contributed by atoms with Crippen molar-refractivity contribution in [3.63, 3.8) is 0 Å².